The van der Waals surface area contributed by atoms with Crippen molar-refractivity contribution in [1.82, 2.24) is 9.88 Å². The topological polar surface area (TPSA) is 45.4 Å². The summed E-state index contributed by atoms with van der Waals surface area (Å²) in [5.74, 6) is 0. The molecule has 0 spiro atoms. The highest BCUT2D eigenvalue weighted by Gasteiger charge is 2.16. The molecule has 2 N–H and O–H groups in total. The number of pyridine rings is 1. The lowest BCUT2D eigenvalue weighted by atomic mass is 10.2. The third-order valence-electron chi connectivity index (χ3n) is 3.08. The minimum atomic E-state index is 0.796. The Balaban J connectivity index is 1.81. The second kappa shape index (κ2) is 5.82. The van der Waals surface area contributed by atoms with Gasteiger partial charge in [-0.15, -0.1) is 0 Å². The summed E-state index contributed by atoms with van der Waals surface area (Å²) in [5.41, 5.74) is 6.81. The van der Waals surface area contributed by atoms with Crippen molar-refractivity contribution in [3.63, 3.8) is 0 Å². The predicted molar refractivity (Wildman–Crippen MR) is 66.6 cm³/mol. The van der Waals surface area contributed by atoms with E-state index in [-0.39, 0.29) is 0 Å². The average Bonchev–Trinajstić information content (AvgIpc) is 2.38. The fourth-order valence-corrected chi connectivity index (χ4v) is 2.10. The second-order valence-electron chi connectivity index (χ2n) is 4.18. The predicted octanol–water partition coefficient (Wildman–Crippen LogP) is 0.552. The van der Waals surface area contributed by atoms with Crippen LogP contribution in [0.25, 0.3) is 0 Å². The monoisotopic (exact) mass is 220 g/mol. The van der Waals surface area contributed by atoms with Gasteiger partial charge in [0.15, 0.2) is 0 Å². The first-order chi connectivity index (χ1) is 7.90. The maximum atomic E-state index is 5.52. The lowest BCUT2D eigenvalue weighted by Crippen LogP contribution is -2.46. The highest BCUT2D eigenvalue weighted by atomic mass is 15.3. The van der Waals surface area contributed by atoms with Crippen LogP contribution in [-0.4, -0.2) is 49.2 Å². The minimum absolute atomic E-state index is 0.796. The van der Waals surface area contributed by atoms with Crippen LogP contribution in [0.15, 0.2) is 24.5 Å². The van der Waals surface area contributed by atoms with Crippen LogP contribution in [0.5, 0.6) is 0 Å². The number of hydrogen-bond donors (Lipinski definition) is 1. The molecule has 1 aromatic rings. The first-order valence-electron chi connectivity index (χ1n) is 5.97. The van der Waals surface area contributed by atoms with Gasteiger partial charge in [-0.1, -0.05) is 0 Å². The molecule has 0 unspecified atom stereocenters. The standard InChI is InChI=1S/C12H20N4/c13-4-1-7-15-8-10-16(11-9-15)12-2-5-14-6-3-12/h2-3,5-6H,1,4,7-11,13H2. The van der Waals surface area contributed by atoms with E-state index >= 15 is 0 Å². The summed E-state index contributed by atoms with van der Waals surface area (Å²) in [4.78, 5) is 8.95. The zero-order chi connectivity index (χ0) is 11.2. The van der Waals surface area contributed by atoms with Gasteiger partial charge in [0, 0.05) is 44.3 Å². The maximum absolute atomic E-state index is 5.52. The molecule has 0 aliphatic carbocycles. The molecule has 0 amide bonds. The van der Waals surface area contributed by atoms with E-state index in [4.69, 9.17) is 5.73 Å². The average molecular weight is 220 g/mol. The van der Waals surface area contributed by atoms with Gasteiger partial charge in [-0.05, 0) is 31.6 Å². The largest absolute Gasteiger partial charge is 0.369 e. The van der Waals surface area contributed by atoms with Gasteiger partial charge in [0.2, 0.25) is 0 Å². The number of nitrogens with zero attached hydrogens (tertiary/aromatic N) is 3. The summed E-state index contributed by atoms with van der Waals surface area (Å²) in [6.07, 6.45) is 4.82. The van der Waals surface area contributed by atoms with Crippen LogP contribution in [-0.2, 0) is 0 Å². The van der Waals surface area contributed by atoms with E-state index < -0.39 is 0 Å². The molecule has 1 saturated heterocycles. The normalized spacial score (nSPS) is 17.7. The number of piperazine rings is 1. The first kappa shape index (κ1) is 11.4. The molecule has 16 heavy (non-hydrogen) atoms. The highest BCUT2D eigenvalue weighted by molar-refractivity contribution is 5.44. The van der Waals surface area contributed by atoms with Gasteiger partial charge in [-0.25, -0.2) is 0 Å². The fraction of sp³-hybridized carbons (Fsp3) is 0.583. The Hall–Kier alpha value is -1.13. The first-order valence-corrected chi connectivity index (χ1v) is 5.97. The molecule has 1 aromatic heterocycles. The molecule has 0 radical (unpaired) electrons. The molecular weight excluding hydrogens is 200 g/mol. The maximum Gasteiger partial charge on any atom is 0.0397 e. The zero-order valence-electron chi connectivity index (χ0n) is 9.68. The molecular formula is C12H20N4. The lowest BCUT2D eigenvalue weighted by molar-refractivity contribution is 0.256. The van der Waals surface area contributed by atoms with E-state index in [1.807, 2.05) is 12.4 Å². The van der Waals surface area contributed by atoms with Crippen molar-refractivity contribution >= 4 is 5.69 Å². The lowest BCUT2D eigenvalue weighted by Gasteiger charge is -2.36. The van der Waals surface area contributed by atoms with Crippen molar-refractivity contribution in [2.75, 3.05) is 44.2 Å². The van der Waals surface area contributed by atoms with Crippen LogP contribution < -0.4 is 10.6 Å². The van der Waals surface area contributed by atoms with Gasteiger partial charge in [0.1, 0.15) is 0 Å². The van der Waals surface area contributed by atoms with Crippen LogP contribution in [0, 0.1) is 0 Å². The summed E-state index contributed by atoms with van der Waals surface area (Å²) in [6.45, 7) is 6.43. The van der Waals surface area contributed by atoms with Gasteiger partial charge >= 0.3 is 0 Å². The molecule has 4 heteroatoms. The van der Waals surface area contributed by atoms with Crippen molar-refractivity contribution < 1.29 is 0 Å². The van der Waals surface area contributed by atoms with E-state index in [9.17, 15) is 0 Å². The molecule has 1 fully saturated rings. The Kier molecular flexibility index (Phi) is 4.13. The third-order valence-corrected chi connectivity index (χ3v) is 3.08. The highest BCUT2D eigenvalue weighted by Crippen LogP contribution is 2.14. The van der Waals surface area contributed by atoms with E-state index in [2.05, 4.69) is 26.9 Å². The molecule has 2 heterocycles. The molecule has 0 bridgehead atoms. The number of nitrogens with two attached hydrogens (primary N) is 1. The Morgan fingerprint density at radius 2 is 1.81 bits per heavy atom. The van der Waals surface area contributed by atoms with Gasteiger partial charge in [-0.2, -0.15) is 0 Å². The SMILES string of the molecule is NCCCN1CCN(c2ccncc2)CC1. The van der Waals surface area contributed by atoms with Crippen LogP contribution >= 0.6 is 0 Å². The van der Waals surface area contributed by atoms with Crippen LogP contribution in [0.1, 0.15) is 6.42 Å². The molecule has 1 aliphatic heterocycles. The van der Waals surface area contributed by atoms with Crippen LogP contribution in [0.3, 0.4) is 0 Å². The summed E-state index contributed by atoms with van der Waals surface area (Å²) in [7, 11) is 0. The molecule has 1 aliphatic rings. The van der Waals surface area contributed by atoms with Crippen molar-refractivity contribution in [3.05, 3.63) is 24.5 Å². The number of rotatable bonds is 4. The number of anilines is 1. The Morgan fingerprint density at radius 3 is 2.44 bits per heavy atom. The van der Waals surface area contributed by atoms with Gasteiger partial charge in [-0.3, -0.25) is 9.88 Å². The van der Waals surface area contributed by atoms with Gasteiger partial charge < -0.3 is 10.6 Å². The Morgan fingerprint density at radius 1 is 1.12 bits per heavy atom. The van der Waals surface area contributed by atoms with E-state index in [0.29, 0.717) is 0 Å². The molecule has 88 valence electrons. The van der Waals surface area contributed by atoms with Crippen molar-refractivity contribution in [2.24, 2.45) is 5.73 Å². The zero-order valence-corrected chi connectivity index (χ0v) is 9.68. The molecule has 0 aromatic carbocycles. The van der Waals surface area contributed by atoms with E-state index in [1.54, 1.807) is 0 Å². The number of hydrogen-bond acceptors (Lipinski definition) is 4. The smallest absolute Gasteiger partial charge is 0.0397 e. The number of aromatic nitrogens is 1. The summed E-state index contributed by atoms with van der Waals surface area (Å²) < 4.78 is 0. The van der Waals surface area contributed by atoms with Crippen molar-refractivity contribution in [3.8, 4) is 0 Å². The van der Waals surface area contributed by atoms with Gasteiger partial charge in [0.25, 0.3) is 0 Å². The summed E-state index contributed by atoms with van der Waals surface area (Å²) in [5, 5.41) is 0. The van der Waals surface area contributed by atoms with Crippen LogP contribution in [0.4, 0.5) is 5.69 Å². The van der Waals surface area contributed by atoms with E-state index in [0.717, 1.165) is 45.7 Å². The van der Waals surface area contributed by atoms with E-state index in [1.165, 1.54) is 5.69 Å². The molecule has 0 atom stereocenters. The quantitative estimate of drug-likeness (QED) is 0.805. The second-order valence-corrected chi connectivity index (χ2v) is 4.18. The summed E-state index contributed by atoms with van der Waals surface area (Å²) >= 11 is 0. The van der Waals surface area contributed by atoms with Crippen molar-refractivity contribution in [2.45, 2.75) is 6.42 Å². The Bertz CT molecular complexity index is 293. The van der Waals surface area contributed by atoms with Crippen molar-refractivity contribution in [1.29, 1.82) is 0 Å². The fourth-order valence-electron chi connectivity index (χ4n) is 2.10. The molecule has 2 rings (SSSR count). The van der Waals surface area contributed by atoms with Gasteiger partial charge in [0.05, 0.1) is 0 Å². The minimum Gasteiger partial charge on any atom is -0.369 e. The van der Waals surface area contributed by atoms with Crippen LogP contribution in [0.2, 0.25) is 0 Å². The third kappa shape index (κ3) is 2.93. The summed E-state index contributed by atoms with van der Waals surface area (Å²) in [6, 6.07) is 4.16. The molecule has 0 saturated carbocycles. The molecule has 4 nitrogen and oxygen atoms in total. The Labute approximate surface area is 97.1 Å².